The highest BCUT2D eigenvalue weighted by atomic mass is 35.5. The van der Waals surface area contributed by atoms with Gasteiger partial charge in [-0.3, -0.25) is 18.2 Å². The van der Waals surface area contributed by atoms with Crippen LogP contribution < -0.4 is 10.2 Å². The third kappa shape index (κ3) is 10.5. The Morgan fingerprint density at radius 1 is 0.780 bits per heavy atom. The molecule has 0 aliphatic heterocycles. The molecule has 0 amide bonds. The molecular weight excluding hydrogens is 924 g/mol. The van der Waals surface area contributed by atoms with E-state index < -0.39 is 134 Å². The van der Waals surface area contributed by atoms with E-state index in [1.54, 1.807) is 0 Å². The summed E-state index contributed by atoms with van der Waals surface area (Å²) in [7, 11) is -23.8. The molecule has 0 unspecified atom stereocenters. The molecule has 6 N–H and O–H groups in total. The minimum Gasteiger partial charge on any atom is -0.505 e. The molecule has 0 radical (unpaired) electrons. The van der Waals surface area contributed by atoms with E-state index in [1.165, 1.54) is 19.2 Å². The van der Waals surface area contributed by atoms with Crippen LogP contribution in [0.4, 0.5) is 43.4 Å². The van der Waals surface area contributed by atoms with Gasteiger partial charge in [0.05, 0.1) is 27.8 Å². The molecule has 0 atom stereocenters. The minimum absolute atomic E-state index is 0.0125. The number of anilines is 4. The number of nitrogens with one attached hydrogen (secondary N) is 1. The van der Waals surface area contributed by atoms with Crippen LogP contribution >= 0.6 is 11.6 Å². The highest BCUT2D eigenvalue weighted by Crippen LogP contribution is 2.46. The van der Waals surface area contributed by atoms with E-state index in [9.17, 15) is 69.6 Å². The van der Waals surface area contributed by atoms with Crippen LogP contribution in [-0.2, 0) is 54.8 Å². The summed E-state index contributed by atoms with van der Waals surface area (Å²) in [6.07, 6.45) is 0. The summed E-state index contributed by atoms with van der Waals surface area (Å²) in [5, 5.41) is 18.9. The van der Waals surface area contributed by atoms with Crippen LogP contribution in [0.15, 0.2) is 84.4 Å². The molecule has 0 saturated heterocycles. The Morgan fingerprint density at radius 3 is 2.03 bits per heavy atom. The van der Waals surface area contributed by atoms with Crippen LogP contribution in [0.2, 0.25) is 5.28 Å². The Kier molecular flexibility index (Phi) is 12.3. The van der Waals surface area contributed by atoms with Gasteiger partial charge in [0.1, 0.15) is 21.2 Å². The lowest BCUT2D eigenvalue weighted by molar-refractivity contribution is 0.284. The van der Waals surface area contributed by atoms with Gasteiger partial charge < -0.3 is 15.3 Å². The fourth-order valence-corrected chi connectivity index (χ4v) is 8.44. The lowest BCUT2D eigenvalue weighted by Gasteiger charge is -2.19. The molecule has 0 spiro atoms. The van der Waals surface area contributed by atoms with Gasteiger partial charge in [0.25, 0.3) is 30.4 Å². The second kappa shape index (κ2) is 16.1. The van der Waals surface area contributed by atoms with Gasteiger partial charge in [-0.25, -0.2) is 21.4 Å². The molecule has 0 aliphatic rings. The van der Waals surface area contributed by atoms with Crippen molar-refractivity contribution >= 4 is 108 Å². The maximum atomic E-state index is 14.1. The second-order valence-electron chi connectivity index (χ2n) is 11.5. The molecule has 1 heterocycles. The predicted molar refractivity (Wildman–Crippen MR) is 198 cm³/mol. The third-order valence-electron chi connectivity index (χ3n) is 7.53. The Labute approximate surface area is 336 Å². The maximum Gasteiger partial charge on any atom is 0.397 e. The lowest BCUT2D eigenvalue weighted by Crippen LogP contribution is -2.17. The van der Waals surface area contributed by atoms with Gasteiger partial charge in [-0.1, -0.05) is 6.07 Å². The zero-order valence-corrected chi connectivity index (χ0v) is 33.5. The monoisotopic (exact) mass is 945 g/mol. The molecular formula is C28H22ClF2N7O16S5. The number of hydrogen-bond donors (Lipinski definition) is 6. The van der Waals surface area contributed by atoms with E-state index in [4.69, 9.17) is 16.2 Å². The fourth-order valence-electron chi connectivity index (χ4n) is 4.94. The van der Waals surface area contributed by atoms with Gasteiger partial charge in [0.2, 0.25) is 17.2 Å². The van der Waals surface area contributed by atoms with Crippen molar-refractivity contribution in [3.63, 3.8) is 0 Å². The van der Waals surface area contributed by atoms with Gasteiger partial charge in [-0.15, -0.1) is 10.2 Å². The zero-order valence-electron chi connectivity index (χ0n) is 28.7. The molecule has 5 aromatic rings. The summed E-state index contributed by atoms with van der Waals surface area (Å²) in [6.45, 7) is -0.924. The summed E-state index contributed by atoms with van der Waals surface area (Å²) in [5.41, 5.74) is -2.87. The SMILES string of the molecule is CN(c1cccc(S(=O)(=O)CCOS(=O)(=O)O)c1)c1nc(Cl)nc(Nc2cc(S(=O)(=O)O)cc3cc(S(=O)(=O)O)c(N=Nc4cc(F)c(F)cc4S(=O)(=O)O)c(O)c23)n1. The molecule has 0 bridgehead atoms. The van der Waals surface area contributed by atoms with Gasteiger partial charge in [-0.2, -0.15) is 48.6 Å². The van der Waals surface area contributed by atoms with Gasteiger partial charge >= 0.3 is 10.4 Å². The van der Waals surface area contributed by atoms with Crippen LogP contribution in [0.5, 0.6) is 5.75 Å². The maximum absolute atomic E-state index is 14.1. The average Bonchev–Trinajstić information content (AvgIpc) is 3.09. The van der Waals surface area contributed by atoms with Crippen LogP contribution in [-0.4, -0.2) is 99.8 Å². The highest BCUT2D eigenvalue weighted by molar-refractivity contribution is 7.91. The van der Waals surface area contributed by atoms with E-state index >= 15 is 0 Å². The smallest absolute Gasteiger partial charge is 0.397 e. The first-order valence-corrected chi connectivity index (χ1v) is 22.8. The number of aromatic nitrogens is 3. The van der Waals surface area contributed by atoms with E-state index in [1.807, 2.05) is 0 Å². The van der Waals surface area contributed by atoms with E-state index in [2.05, 4.69) is 34.7 Å². The summed E-state index contributed by atoms with van der Waals surface area (Å²) in [5.74, 6) is -6.55. The molecule has 31 heteroatoms. The Bertz CT molecular complexity index is 3160. The van der Waals surface area contributed by atoms with Crippen LogP contribution in [0.25, 0.3) is 10.8 Å². The van der Waals surface area contributed by atoms with Crippen molar-refractivity contribution < 1.29 is 78.4 Å². The quantitative estimate of drug-likeness (QED) is 0.0678. The largest absolute Gasteiger partial charge is 0.505 e. The highest BCUT2D eigenvalue weighted by Gasteiger charge is 2.27. The van der Waals surface area contributed by atoms with Crippen molar-refractivity contribution in [2.75, 3.05) is 29.6 Å². The first-order valence-electron chi connectivity index (χ1n) is 15.1. The summed E-state index contributed by atoms with van der Waals surface area (Å²) < 4.78 is 191. The minimum atomic E-state index is -5.48. The second-order valence-corrected chi connectivity index (χ2v) is 19.2. The van der Waals surface area contributed by atoms with E-state index in [-0.39, 0.29) is 28.7 Å². The zero-order chi connectivity index (χ0) is 44.0. The number of benzene rings is 4. The number of aromatic hydroxyl groups is 1. The van der Waals surface area contributed by atoms with Gasteiger partial charge in [0.15, 0.2) is 27.2 Å². The van der Waals surface area contributed by atoms with Crippen molar-refractivity contribution in [2.45, 2.75) is 19.6 Å². The molecule has 4 aromatic carbocycles. The number of phenols is 1. The number of halogens is 3. The van der Waals surface area contributed by atoms with Gasteiger partial charge in [0, 0.05) is 30.3 Å². The number of fused-ring (bicyclic) bond motifs is 1. The summed E-state index contributed by atoms with van der Waals surface area (Å²) in [6, 6.07) is 6.88. The molecule has 5 rings (SSSR count). The van der Waals surface area contributed by atoms with Gasteiger partial charge in [-0.05, 0) is 53.4 Å². The van der Waals surface area contributed by atoms with Crippen molar-refractivity contribution in [1.82, 2.24) is 15.0 Å². The van der Waals surface area contributed by atoms with Crippen molar-refractivity contribution in [2.24, 2.45) is 10.2 Å². The molecule has 0 fully saturated rings. The first-order chi connectivity index (χ1) is 27.0. The number of phenolic OH excluding ortho intramolecular Hbond substituents is 1. The Morgan fingerprint density at radius 2 is 1.42 bits per heavy atom. The Hall–Kier alpha value is -5.15. The molecule has 316 valence electrons. The summed E-state index contributed by atoms with van der Waals surface area (Å²) >= 11 is 6.13. The number of nitrogens with zero attached hydrogens (tertiary/aromatic N) is 6. The standard InChI is InChI=1S/C28H22ClF2N7O16S5/c1-38(14-3-2-4-15(9-14)55(40,41)6-5-54-59(51,52)53)28-34-26(29)33-27(35-28)32-20-10-16(56(42,43)44)7-13-8-22(58(48,49)50)24(25(39)23(13)20)37-36-19-11-17(30)18(31)12-21(19)57(45,46)47/h2-4,7-12,39H,5-6H2,1H3,(H,42,43,44)(H,45,46,47)(H,48,49,50)(H,51,52,53)(H,32,33,34,35). The molecule has 59 heavy (non-hydrogen) atoms. The molecule has 1 aromatic heterocycles. The molecule has 0 saturated carbocycles. The number of sulfone groups is 1. The normalized spacial score (nSPS) is 12.9. The van der Waals surface area contributed by atoms with Crippen molar-refractivity contribution in [3.8, 4) is 5.75 Å². The number of rotatable bonds is 14. The Balaban J connectivity index is 1.65. The van der Waals surface area contributed by atoms with E-state index in [0.717, 1.165) is 17.0 Å². The average molecular weight is 946 g/mol. The van der Waals surface area contributed by atoms with Crippen molar-refractivity contribution in [1.29, 1.82) is 0 Å². The van der Waals surface area contributed by atoms with Crippen LogP contribution in [0.1, 0.15) is 0 Å². The first kappa shape index (κ1) is 44.9. The topological polar surface area (TPSA) is 360 Å². The number of azo groups is 1. The predicted octanol–water partition coefficient (Wildman–Crippen LogP) is 3.92. The van der Waals surface area contributed by atoms with Crippen LogP contribution in [0.3, 0.4) is 0 Å². The van der Waals surface area contributed by atoms with E-state index in [0.29, 0.717) is 18.2 Å². The lowest BCUT2D eigenvalue weighted by atomic mass is 10.1. The number of hydrogen-bond acceptors (Lipinski definition) is 19. The summed E-state index contributed by atoms with van der Waals surface area (Å²) in [4.78, 5) is 9.09. The van der Waals surface area contributed by atoms with Crippen molar-refractivity contribution in [3.05, 3.63) is 71.5 Å². The molecule has 23 nitrogen and oxygen atoms in total. The fraction of sp³-hybridized carbons (Fsp3) is 0.107. The third-order valence-corrected chi connectivity index (χ3v) is 12.4. The molecule has 0 aliphatic carbocycles. The van der Waals surface area contributed by atoms with Crippen LogP contribution in [0, 0.1) is 11.6 Å².